The van der Waals surface area contributed by atoms with Gasteiger partial charge in [0.05, 0.1) is 0 Å². The Labute approximate surface area is 100 Å². The third-order valence-corrected chi connectivity index (χ3v) is 3.19. The second-order valence-electron chi connectivity index (χ2n) is 4.02. The summed E-state index contributed by atoms with van der Waals surface area (Å²) in [5.41, 5.74) is 0. The summed E-state index contributed by atoms with van der Waals surface area (Å²) in [6.07, 6.45) is 3.28. The largest absolute Gasteiger partial charge is 0.372 e. The van der Waals surface area contributed by atoms with E-state index in [1.165, 1.54) is 6.42 Å². The van der Waals surface area contributed by atoms with Crippen molar-refractivity contribution in [2.75, 3.05) is 31.6 Å². The highest BCUT2D eigenvalue weighted by atomic mass is 79.9. The number of ether oxygens (including phenoxy) is 1. The van der Waals surface area contributed by atoms with Crippen molar-refractivity contribution in [2.45, 2.75) is 26.2 Å². The molecular formula is C11H20BrNO2. The zero-order valence-corrected chi connectivity index (χ0v) is 11.0. The Hall–Kier alpha value is -0.0900. The molecule has 1 rings (SSSR count). The molecule has 1 fully saturated rings. The monoisotopic (exact) mass is 277 g/mol. The molecule has 0 radical (unpaired) electrons. The molecule has 1 heterocycles. The topological polar surface area (TPSA) is 29.5 Å². The molecule has 1 unspecified atom stereocenters. The van der Waals surface area contributed by atoms with Crippen molar-refractivity contribution in [3.63, 3.8) is 0 Å². The summed E-state index contributed by atoms with van der Waals surface area (Å²) in [5, 5.41) is 1.03. The molecule has 0 aliphatic carbocycles. The smallest absolute Gasteiger partial charge is 0.248 e. The lowest BCUT2D eigenvalue weighted by atomic mass is 10.1. The van der Waals surface area contributed by atoms with Gasteiger partial charge in [0.2, 0.25) is 5.91 Å². The van der Waals surface area contributed by atoms with E-state index in [1.54, 1.807) is 0 Å². The molecule has 4 heteroatoms. The van der Waals surface area contributed by atoms with Crippen LogP contribution < -0.4 is 0 Å². The fourth-order valence-corrected chi connectivity index (χ4v) is 2.49. The zero-order valence-electron chi connectivity index (χ0n) is 9.38. The maximum Gasteiger partial charge on any atom is 0.248 e. The number of halogens is 1. The van der Waals surface area contributed by atoms with E-state index in [9.17, 15) is 4.79 Å². The van der Waals surface area contributed by atoms with Crippen LogP contribution in [0.3, 0.4) is 0 Å². The van der Waals surface area contributed by atoms with E-state index in [0.29, 0.717) is 12.5 Å². The molecule has 88 valence electrons. The molecule has 0 N–H and O–H groups in total. The number of amides is 1. The molecule has 0 aromatic rings. The molecule has 3 nitrogen and oxygen atoms in total. The van der Waals surface area contributed by atoms with Crippen molar-refractivity contribution in [1.29, 1.82) is 0 Å². The van der Waals surface area contributed by atoms with Crippen LogP contribution in [0, 0.1) is 5.92 Å². The van der Waals surface area contributed by atoms with Crippen molar-refractivity contribution in [3.8, 4) is 0 Å². The van der Waals surface area contributed by atoms with Crippen molar-refractivity contribution < 1.29 is 9.53 Å². The Morgan fingerprint density at radius 2 is 2.40 bits per heavy atom. The number of likely N-dealkylation sites (tertiary alicyclic amines) is 1. The van der Waals surface area contributed by atoms with E-state index in [0.717, 1.165) is 31.3 Å². The molecule has 1 aliphatic heterocycles. The van der Waals surface area contributed by atoms with Crippen LogP contribution in [0.2, 0.25) is 0 Å². The van der Waals surface area contributed by atoms with E-state index in [2.05, 4.69) is 15.9 Å². The van der Waals surface area contributed by atoms with Crippen LogP contribution in [0.1, 0.15) is 26.2 Å². The molecule has 0 bridgehead atoms. The van der Waals surface area contributed by atoms with Crippen LogP contribution in [-0.4, -0.2) is 42.4 Å². The molecule has 0 saturated carbocycles. The second kappa shape index (κ2) is 7.23. The lowest BCUT2D eigenvalue weighted by Crippen LogP contribution is -2.32. The zero-order chi connectivity index (χ0) is 11.1. The second-order valence-corrected chi connectivity index (χ2v) is 4.82. The van der Waals surface area contributed by atoms with Gasteiger partial charge in [-0.15, -0.1) is 0 Å². The Morgan fingerprint density at radius 3 is 3.07 bits per heavy atom. The predicted octanol–water partition coefficient (Wildman–Crippen LogP) is 2.05. The molecule has 1 aliphatic rings. The normalized spacial score (nSPS) is 20.9. The molecule has 15 heavy (non-hydrogen) atoms. The quantitative estimate of drug-likeness (QED) is 0.549. The number of carbonyl (C=O) groups excluding carboxylic acids is 1. The minimum Gasteiger partial charge on any atom is -0.372 e. The standard InChI is InChI=1S/C11H20BrNO2/c1-2-7-15-9-11(14)13-6-4-10(8-13)3-5-12/h10H,2-9H2,1H3. The summed E-state index contributed by atoms with van der Waals surface area (Å²) in [4.78, 5) is 13.6. The van der Waals surface area contributed by atoms with Gasteiger partial charge in [0, 0.05) is 25.0 Å². The highest BCUT2D eigenvalue weighted by Gasteiger charge is 2.25. The van der Waals surface area contributed by atoms with Gasteiger partial charge >= 0.3 is 0 Å². The van der Waals surface area contributed by atoms with Crippen molar-refractivity contribution in [1.82, 2.24) is 4.90 Å². The molecule has 0 aromatic heterocycles. The van der Waals surface area contributed by atoms with E-state index in [-0.39, 0.29) is 12.5 Å². The van der Waals surface area contributed by atoms with Gasteiger partial charge in [-0.25, -0.2) is 0 Å². The van der Waals surface area contributed by atoms with E-state index in [1.807, 2.05) is 11.8 Å². The summed E-state index contributed by atoms with van der Waals surface area (Å²) in [6, 6.07) is 0. The number of carbonyl (C=O) groups is 1. The highest BCUT2D eigenvalue weighted by molar-refractivity contribution is 9.09. The number of hydrogen-bond donors (Lipinski definition) is 0. The summed E-state index contributed by atoms with van der Waals surface area (Å²) in [6.45, 7) is 4.82. The summed E-state index contributed by atoms with van der Waals surface area (Å²) in [5.74, 6) is 0.833. The summed E-state index contributed by atoms with van der Waals surface area (Å²) in [7, 11) is 0. The molecule has 0 aromatic carbocycles. The lowest BCUT2D eigenvalue weighted by molar-refractivity contribution is -0.135. The maximum absolute atomic E-state index is 11.7. The Kier molecular flexibility index (Phi) is 6.25. The van der Waals surface area contributed by atoms with Gasteiger partial charge in [0.15, 0.2) is 0 Å². The molecule has 1 amide bonds. The average Bonchev–Trinajstić information content (AvgIpc) is 2.67. The third-order valence-electron chi connectivity index (χ3n) is 2.73. The SMILES string of the molecule is CCCOCC(=O)N1CCC(CCBr)C1. The van der Waals surface area contributed by atoms with Gasteiger partial charge in [-0.2, -0.15) is 0 Å². The first-order chi connectivity index (χ1) is 7.27. The van der Waals surface area contributed by atoms with Crippen LogP contribution in [0.15, 0.2) is 0 Å². The Morgan fingerprint density at radius 1 is 1.60 bits per heavy atom. The van der Waals surface area contributed by atoms with Gasteiger partial charge in [-0.05, 0) is 25.2 Å². The van der Waals surface area contributed by atoms with E-state index >= 15 is 0 Å². The predicted molar refractivity (Wildman–Crippen MR) is 64.2 cm³/mol. The molecular weight excluding hydrogens is 258 g/mol. The van der Waals surface area contributed by atoms with Gasteiger partial charge in [-0.3, -0.25) is 4.79 Å². The highest BCUT2D eigenvalue weighted by Crippen LogP contribution is 2.20. The summed E-state index contributed by atoms with van der Waals surface area (Å²) < 4.78 is 5.25. The van der Waals surface area contributed by atoms with Crippen LogP contribution in [0.4, 0.5) is 0 Å². The van der Waals surface area contributed by atoms with Crippen LogP contribution in [0.5, 0.6) is 0 Å². The lowest BCUT2D eigenvalue weighted by Gasteiger charge is -2.16. The minimum atomic E-state index is 0.153. The van der Waals surface area contributed by atoms with Gasteiger partial charge in [-0.1, -0.05) is 22.9 Å². The van der Waals surface area contributed by atoms with Gasteiger partial charge in [0.1, 0.15) is 6.61 Å². The van der Waals surface area contributed by atoms with Crippen molar-refractivity contribution in [3.05, 3.63) is 0 Å². The van der Waals surface area contributed by atoms with E-state index in [4.69, 9.17) is 4.74 Å². The minimum absolute atomic E-state index is 0.153. The number of rotatable bonds is 6. The van der Waals surface area contributed by atoms with Gasteiger partial charge in [0.25, 0.3) is 0 Å². The van der Waals surface area contributed by atoms with Crippen LogP contribution in [-0.2, 0) is 9.53 Å². The van der Waals surface area contributed by atoms with Crippen LogP contribution >= 0.6 is 15.9 Å². The van der Waals surface area contributed by atoms with Crippen molar-refractivity contribution in [2.24, 2.45) is 5.92 Å². The third kappa shape index (κ3) is 4.51. The maximum atomic E-state index is 11.7. The van der Waals surface area contributed by atoms with E-state index < -0.39 is 0 Å². The first kappa shape index (κ1) is 13.0. The number of alkyl halides is 1. The molecule has 1 saturated heterocycles. The fourth-order valence-electron chi connectivity index (χ4n) is 1.84. The first-order valence-electron chi connectivity index (χ1n) is 5.69. The van der Waals surface area contributed by atoms with Gasteiger partial charge < -0.3 is 9.64 Å². The number of hydrogen-bond acceptors (Lipinski definition) is 2. The van der Waals surface area contributed by atoms with Crippen molar-refractivity contribution >= 4 is 21.8 Å². The van der Waals surface area contributed by atoms with Crippen LogP contribution in [0.25, 0.3) is 0 Å². The number of nitrogens with zero attached hydrogens (tertiary/aromatic N) is 1. The average molecular weight is 278 g/mol. The first-order valence-corrected chi connectivity index (χ1v) is 6.81. The Bertz CT molecular complexity index is 199. The Balaban J connectivity index is 2.18. The summed E-state index contributed by atoms with van der Waals surface area (Å²) >= 11 is 3.44. The fraction of sp³-hybridized carbons (Fsp3) is 0.909. The molecule has 0 spiro atoms. The molecule has 1 atom stereocenters.